The second-order valence-corrected chi connectivity index (χ2v) is 18.2. The van der Waals surface area contributed by atoms with Crippen molar-refractivity contribution >= 4 is 39.6 Å². The van der Waals surface area contributed by atoms with Crippen LogP contribution in [-0.2, 0) is 29.2 Å². The Balaban J connectivity index is 2.52. The maximum Gasteiger partial charge on any atom is 0.315 e. The Morgan fingerprint density at radius 3 is 2.21 bits per heavy atom. The van der Waals surface area contributed by atoms with Crippen LogP contribution in [0.3, 0.4) is 0 Å². The number of carbonyl (C=O) groups excluding carboxylic acids is 5. The van der Waals surface area contributed by atoms with Gasteiger partial charge in [-0.1, -0.05) is 66.4 Å². The number of sulfonamides is 1. The lowest BCUT2D eigenvalue weighted by atomic mass is 9.70. The molecule has 294 valence electrons. The first-order valence-electron chi connectivity index (χ1n) is 18.7. The number of likely N-dealkylation sites (N-methyl/N-ethyl adjacent to an activating group) is 1. The molecular weight excluding hydrogens is 685 g/mol. The van der Waals surface area contributed by atoms with Gasteiger partial charge in [-0.25, -0.2) is 17.5 Å². The number of nitrogens with zero attached hydrogens (tertiary/aromatic N) is 2. The summed E-state index contributed by atoms with van der Waals surface area (Å²) in [6.07, 6.45) is 8.56. The van der Waals surface area contributed by atoms with E-state index in [4.69, 9.17) is 0 Å². The molecule has 5 atom stereocenters. The van der Waals surface area contributed by atoms with Crippen LogP contribution in [0.15, 0.2) is 30.0 Å². The minimum absolute atomic E-state index is 0.0407. The van der Waals surface area contributed by atoms with Crippen molar-refractivity contribution in [1.29, 1.82) is 0 Å². The summed E-state index contributed by atoms with van der Waals surface area (Å²) in [6, 6.07) is -4.29. The molecule has 52 heavy (non-hydrogen) atoms. The van der Waals surface area contributed by atoms with E-state index >= 15 is 0 Å². The Labute approximate surface area is 311 Å². The van der Waals surface area contributed by atoms with E-state index in [9.17, 15) is 32.4 Å². The van der Waals surface area contributed by atoms with E-state index in [-0.39, 0.29) is 31.8 Å². The fraction of sp³-hybridized carbons (Fsp3) is 0.737. The minimum Gasteiger partial charge on any atom is -0.346 e. The van der Waals surface area contributed by atoms with Crippen molar-refractivity contribution in [2.24, 2.45) is 16.7 Å². The number of carbonyl (C=O) groups is 5. The van der Waals surface area contributed by atoms with Gasteiger partial charge in [0.05, 0.1) is 11.8 Å². The first-order valence-corrected chi connectivity index (χ1v) is 20.3. The molecule has 0 radical (unpaired) electrons. The fourth-order valence-corrected chi connectivity index (χ4v) is 7.70. The Morgan fingerprint density at radius 1 is 1.04 bits per heavy atom. The average Bonchev–Trinajstić information content (AvgIpc) is 3.51. The second kappa shape index (κ2) is 19.6. The highest BCUT2D eigenvalue weighted by molar-refractivity contribution is 7.89. The van der Waals surface area contributed by atoms with Gasteiger partial charge in [0.25, 0.3) is 5.91 Å². The topological polar surface area (TPSA) is 174 Å². The molecule has 13 nitrogen and oxygen atoms in total. The number of urea groups is 1. The highest BCUT2D eigenvalue weighted by atomic mass is 32.2. The third kappa shape index (κ3) is 12.3. The normalized spacial score (nSPS) is 20.5. The van der Waals surface area contributed by atoms with Crippen molar-refractivity contribution < 1.29 is 32.4 Å². The van der Waals surface area contributed by atoms with Gasteiger partial charge in [0.15, 0.2) is 0 Å². The molecule has 1 unspecified atom stereocenters. The van der Waals surface area contributed by atoms with Crippen LogP contribution in [0.5, 0.6) is 0 Å². The molecule has 0 bridgehead atoms. The lowest BCUT2D eigenvalue weighted by Gasteiger charge is -2.43. The van der Waals surface area contributed by atoms with Gasteiger partial charge in [0.1, 0.15) is 12.1 Å². The zero-order chi connectivity index (χ0) is 39.4. The van der Waals surface area contributed by atoms with E-state index in [1.807, 2.05) is 48.5 Å². The number of hydrogen-bond donors (Lipinski definition) is 4. The Morgan fingerprint density at radius 2 is 1.67 bits per heavy atom. The molecule has 1 aliphatic carbocycles. The number of likely N-dealkylation sites (tertiary alicyclic amines) is 1. The smallest absolute Gasteiger partial charge is 0.315 e. The van der Waals surface area contributed by atoms with Gasteiger partial charge in [0, 0.05) is 38.6 Å². The summed E-state index contributed by atoms with van der Waals surface area (Å²) in [4.78, 5) is 70.1. The number of amides is 5. The molecule has 1 heterocycles. The van der Waals surface area contributed by atoms with Gasteiger partial charge in [-0.2, -0.15) is 0 Å². The Bertz CT molecular complexity index is 1470. The standard InChI is InChI=1S/C38H64N6O7S/c1-11-17-28(31(45)34(47)39-23-12-2)40-33(46)30-27(19-18-26(4)5)20-24-44(30)35(48)32(38(9)21-15-14-16-22-38)42-36(49)41-29(37(6,7)8)25-43(10)52(50,51)13-3/h12,19,27-30,32H,2,11,13-17,20-25H2,1,3-10H3,(H,39,47)(H,40,46)(H2,41,42,49)/t27-,28?,29+,30-,32+/m0/s1. The summed E-state index contributed by atoms with van der Waals surface area (Å²) in [5, 5.41) is 11.2. The molecule has 1 saturated carbocycles. The third-order valence-electron chi connectivity index (χ3n) is 10.3. The maximum absolute atomic E-state index is 14.8. The van der Waals surface area contributed by atoms with Gasteiger partial charge in [-0.15, -0.1) is 12.3 Å². The molecule has 14 heteroatoms. The summed E-state index contributed by atoms with van der Waals surface area (Å²) >= 11 is 0. The number of hydrogen-bond acceptors (Lipinski definition) is 7. The Hall–Kier alpha value is -3.48. The lowest BCUT2D eigenvalue weighted by molar-refractivity contribution is -0.145. The number of Topliss-reactive ketones (excluding diaryl/α,β-unsaturated/α-hetero) is 1. The predicted octanol–water partition coefficient (Wildman–Crippen LogP) is 3.82. The van der Waals surface area contributed by atoms with E-state index in [1.165, 1.54) is 22.3 Å². The van der Waals surface area contributed by atoms with Crippen LogP contribution in [0.4, 0.5) is 4.79 Å². The molecule has 1 saturated heterocycles. The van der Waals surface area contributed by atoms with Crippen molar-refractivity contribution in [3.05, 3.63) is 30.0 Å². The lowest BCUT2D eigenvalue weighted by Crippen LogP contribution is -2.63. The SMILES string of the molecule is C=CCNC(=O)C(=O)C(CCC)NC(=O)[C@@H]1[C@@H](C=C=C(C)C)CCN1C(=O)[C@@H](NC(=O)N[C@H](CN(C)S(=O)(=O)CC)C(C)(C)C)C1(C)CCCCC1. The van der Waals surface area contributed by atoms with Crippen molar-refractivity contribution in [3.63, 3.8) is 0 Å². The number of ketones is 1. The molecule has 0 aromatic heterocycles. The first-order chi connectivity index (χ1) is 24.2. The van der Waals surface area contributed by atoms with Crippen LogP contribution >= 0.6 is 0 Å². The van der Waals surface area contributed by atoms with Crippen LogP contribution in [0.25, 0.3) is 0 Å². The average molecular weight is 749 g/mol. The number of nitrogens with one attached hydrogen (secondary N) is 4. The van der Waals surface area contributed by atoms with Crippen LogP contribution in [0, 0.1) is 16.7 Å². The summed E-state index contributed by atoms with van der Waals surface area (Å²) in [5.74, 6) is -3.08. The third-order valence-corrected chi connectivity index (χ3v) is 12.1. The highest BCUT2D eigenvalue weighted by Gasteiger charge is 2.49. The Kier molecular flexibility index (Phi) is 16.8. The molecule has 0 aromatic rings. The van der Waals surface area contributed by atoms with Crippen LogP contribution in [-0.4, -0.2) is 104 Å². The molecule has 0 spiro atoms. The van der Waals surface area contributed by atoms with Gasteiger partial charge in [0.2, 0.25) is 27.6 Å². The summed E-state index contributed by atoms with van der Waals surface area (Å²) in [5.41, 5.74) is 2.92. The van der Waals surface area contributed by atoms with Crippen LogP contribution in [0.1, 0.15) is 107 Å². The van der Waals surface area contributed by atoms with Crippen molar-refractivity contribution in [1.82, 2.24) is 30.5 Å². The van der Waals surface area contributed by atoms with Crippen LogP contribution < -0.4 is 21.3 Å². The van der Waals surface area contributed by atoms with E-state index in [0.717, 1.165) is 24.8 Å². The first kappa shape index (κ1) is 44.7. The largest absolute Gasteiger partial charge is 0.346 e. The summed E-state index contributed by atoms with van der Waals surface area (Å²) in [7, 11) is -2.03. The van der Waals surface area contributed by atoms with Crippen molar-refractivity contribution in [2.45, 2.75) is 131 Å². The molecule has 5 amide bonds. The van der Waals surface area contributed by atoms with Crippen LogP contribution in [0.2, 0.25) is 0 Å². The monoisotopic (exact) mass is 748 g/mol. The van der Waals surface area contributed by atoms with Gasteiger partial charge in [-0.05, 0) is 68.9 Å². The maximum atomic E-state index is 14.8. The zero-order valence-electron chi connectivity index (χ0n) is 32.9. The van der Waals surface area contributed by atoms with E-state index < -0.39 is 80.5 Å². The fourth-order valence-electron chi connectivity index (χ4n) is 6.88. The van der Waals surface area contributed by atoms with E-state index in [0.29, 0.717) is 25.7 Å². The molecule has 1 aliphatic heterocycles. The zero-order valence-corrected chi connectivity index (χ0v) is 33.7. The van der Waals surface area contributed by atoms with Crippen molar-refractivity contribution in [2.75, 3.05) is 32.4 Å². The second-order valence-electron chi connectivity index (χ2n) is 15.8. The molecule has 2 aliphatic rings. The minimum atomic E-state index is -3.51. The van der Waals surface area contributed by atoms with E-state index in [1.54, 1.807) is 13.0 Å². The summed E-state index contributed by atoms with van der Waals surface area (Å²) in [6.45, 7) is 18.8. The quantitative estimate of drug-likeness (QED) is 0.0995. The van der Waals surface area contributed by atoms with Gasteiger partial charge >= 0.3 is 6.03 Å². The molecule has 2 fully saturated rings. The molecule has 4 N–H and O–H groups in total. The molecular formula is C38H64N6O7S. The van der Waals surface area contributed by atoms with E-state index in [2.05, 4.69) is 33.6 Å². The molecule has 0 aromatic carbocycles. The van der Waals surface area contributed by atoms with Gasteiger partial charge < -0.3 is 26.2 Å². The van der Waals surface area contributed by atoms with Gasteiger partial charge in [-0.3, -0.25) is 19.2 Å². The number of rotatable bonds is 17. The molecule has 2 rings (SSSR count). The predicted molar refractivity (Wildman–Crippen MR) is 204 cm³/mol. The van der Waals surface area contributed by atoms with Crippen molar-refractivity contribution in [3.8, 4) is 0 Å². The highest BCUT2D eigenvalue weighted by Crippen LogP contribution is 2.41. The summed E-state index contributed by atoms with van der Waals surface area (Å²) < 4.78 is 26.4.